The lowest BCUT2D eigenvalue weighted by Crippen LogP contribution is -2.56. The molecule has 6 heteroatoms. The molecule has 19 heavy (non-hydrogen) atoms. The van der Waals surface area contributed by atoms with Gasteiger partial charge in [-0.3, -0.25) is 9.69 Å². The molecule has 0 bridgehead atoms. The van der Waals surface area contributed by atoms with Gasteiger partial charge in [-0.05, 0) is 20.3 Å². The third-order valence-corrected chi connectivity index (χ3v) is 3.37. The molecule has 0 saturated carbocycles. The second kappa shape index (κ2) is 8.47. The fourth-order valence-corrected chi connectivity index (χ4v) is 2.27. The molecule has 3 unspecified atom stereocenters. The number of amides is 1. The van der Waals surface area contributed by atoms with E-state index in [1.54, 1.807) is 7.11 Å². The highest BCUT2D eigenvalue weighted by molar-refractivity contribution is 5.81. The van der Waals surface area contributed by atoms with Crippen LogP contribution in [0, 0.1) is 0 Å². The number of methoxy groups -OCH3 is 1. The number of carbonyl (C=O) groups is 1. The van der Waals surface area contributed by atoms with Gasteiger partial charge in [-0.15, -0.1) is 0 Å². The van der Waals surface area contributed by atoms with Crippen LogP contribution in [0.4, 0.5) is 0 Å². The smallest absolute Gasteiger partial charge is 0.237 e. The number of nitrogens with two attached hydrogens (primary N) is 1. The molecule has 1 aliphatic heterocycles. The average Bonchev–Trinajstić information content (AvgIpc) is 2.41. The van der Waals surface area contributed by atoms with E-state index in [0.29, 0.717) is 26.2 Å². The normalized spacial score (nSPS) is 26.1. The maximum atomic E-state index is 12.0. The van der Waals surface area contributed by atoms with Crippen LogP contribution >= 0.6 is 0 Å². The van der Waals surface area contributed by atoms with Crippen molar-refractivity contribution in [3.05, 3.63) is 0 Å². The van der Waals surface area contributed by atoms with E-state index in [1.807, 2.05) is 13.8 Å². The predicted octanol–water partition coefficient (Wildman–Crippen LogP) is -0.424. The van der Waals surface area contributed by atoms with E-state index in [0.717, 1.165) is 13.0 Å². The van der Waals surface area contributed by atoms with E-state index in [-0.39, 0.29) is 24.2 Å². The van der Waals surface area contributed by atoms with Crippen LogP contribution in [0.25, 0.3) is 0 Å². The summed E-state index contributed by atoms with van der Waals surface area (Å²) in [5, 5.41) is 2.93. The van der Waals surface area contributed by atoms with Crippen LogP contribution in [0.15, 0.2) is 0 Å². The molecule has 0 radical (unpaired) electrons. The Morgan fingerprint density at radius 2 is 2.32 bits per heavy atom. The van der Waals surface area contributed by atoms with E-state index in [2.05, 4.69) is 10.2 Å². The number of rotatable bonds is 7. The standard InChI is InChI=1S/C13H27N3O3/c1-10-8-16(9-12(7-14)19-10)11(2)13(17)15-5-4-6-18-3/h10-12H,4-9,14H2,1-3H3,(H,15,17). The van der Waals surface area contributed by atoms with Crippen LogP contribution in [0.2, 0.25) is 0 Å². The van der Waals surface area contributed by atoms with Gasteiger partial charge < -0.3 is 20.5 Å². The first-order valence-corrected chi connectivity index (χ1v) is 6.94. The molecule has 0 aromatic rings. The Bertz CT molecular complexity index is 276. The molecule has 0 aromatic heterocycles. The molecular weight excluding hydrogens is 246 g/mol. The van der Waals surface area contributed by atoms with Gasteiger partial charge >= 0.3 is 0 Å². The highest BCUT2D eigenvalue weighted by Crippen LogP contribution is 2.13. The molecule has 3 N–H and O–H groups in total. The number of morpholine rings is 1. The summed E-state index contributed by atoms with van der Waals surface area (Å²) in [6.45, 7) is 7.23. The highest BCUT2D eigenvalue weighted by atomic mass is 16.5. The van der Waals surface area contributed by atoms with Crippen molar-refractivity contribution >= 4 is 5.91 Å². The monoisotopic (exact) mass is 273 g/mol. The zero-order chi connectivity index (χ0) is 14.3. The first-order valence-electron chi connectivity index (χ1n) is 6.94. The Morgan fingerprint density at radius 3 is 2.95 bits per heavy atom. The predicted molar refractivity (Wildman–Crippen MR) is 73.9 cm³/mol. The van der Waals surface area contributed by atoms with Gasteiger partial charge in [0.2, 0.25) is 5.91 Å². The van der Waals surface area contributed by atoms with Gasteiger partial charge in [0.05, 0.1) is 18.2 Å². The number of nitrogens with one attached hydrogen (secondary N) is 1. The molecule has 3 atom stereocenters. The summed E-state index contributed by atoms with van der Waals surface area (Å²) >= 11 is 0. The lowest BCUT2D eigenvalue weighted by Gasteiger charge is -2.39. The fraction of sp³-hybridized carbons (Fsp3) is 0.923. The average molecular weight is 273 g/mol. The van der Waals surface area contributed by atoms with Crippen LogP contribution in [0.3, 0.4) is 0 Å². The molecule has 0 spiro atoms. The maximum absolute atomic E-state index is 12.0. The van der Waals surface area contributed by atoms with Crippen LogP contribution < -0.4 is 11.1 Å². The van der Waals surface area contributed by atoms with Crippen LogP contribution in [-0.2, 0) is 14.3 Å². The van der Waals surface area contributed by atoms with Crippen molar-refractivity contribution in [1.29, 1.82) is 0 Å². The zero-order valence-electron chi connectivity index (χ0n) is 12.2. The Labute approximate surface area is 115 Å². The van der Waals surface area contributed by atoms with Gasteiger partial charge in [0.15, 0.2) is 0 Å². The Hall–Kier alpha value is -0.690. The van der Waals surface area contributed by atoms with Crippen molar-refractivity contribution in [2.75, 3.05) is 39.9 Å². The maximum Gasteiger partial charge on any atom is 0.237 e. The molecule has 1 heterocycles. The molecule has 1 fully saturated rings. The van der Waals surface area contributed by atoms with Crippen LogP contribution in [0.5, 0.6) is 0 Å². The SMILES string of the molecule is COCCCNC(=O)C(C)N1CC(C)OC(CN)C1. The lowest BCUT2D eigenvalue weighted by atomic mass is 10.1. The van der Waals surface area contributed by atoms with E-state index in [9.17, 15) is 4.79 Å². The summed E-state index contributed by atoms with van der Waals surface area (Å²) < 4.78 is 10.6. The fourth-order valence-electron chi connectivity index (χ4n) is 2.27. The lowest BCUT2D eigenvalue weighted by molar-refractivity contribution is -0.132. The van der Waals surface area contributed by atoms with Gasteiger partial charge in [0, 0.05) is 39.9 Å². The van der Waals surface area contributed by atoms with Crippen LogP contribution in [-0.4, -0.2) is 69.0 Å². The molecule has 6 nitrogen and oxygen atoms in total. The molecule has 112 valence electrons. The van der Waals surface area contributed by atoms with Crippen LogP contribution in [0.1, 0.15) is 20.3 Å². The van der Waals surface area contributed by atoms with Gasteiger partial charge in [-0.1, -0.05) is 0 Å². The minimum absolute atomic E-state index is 0.0208. The molecule has 1 saturated heterocycles. The summed E-state index contributed by atoms with van der Waals surface area (Å²) in [6.07, 6.45) is 0.971. The molecular formula is C13H27N3O3. The summed E-state index contributed by atoms with van der Waals surface area (Å²) in [6, 6.07) is -0.150. The van der Waals surface area contributed by atoms with E-state index in [1.165, 1.54) is 0 Å². The Kier molecular flexibility index (Phi) is 7.30. The van der Waals surface area contributed by atoms with Gasteiger partial charge in [0.25, 0.3) is 0 Å². The third-order valence-electron chi connectivity index (χ3n) is 3.37. The summed E-state index contributed by atoms with van der Waals surface area (Å²) in [7, 11) is 1.66. The molecule has 0 aromatic carbocycles. The van der Waals surface area contributed by atoms with Gasteiger partial charge in [0.1, 0.15) is 0 Å². The van der Waals surface area contributed by atoms with Gasteiger partial charge in [-0.2, -0.15) is 0 Å². The van der Waals surface area contributed by atoms with Crippen molar-refractivity contribution < 1.29 is 14.3 Å². The Balaban J connectivity index is 2.37. The number of hydrogen-bond acceptors (Lipinski definition) is 5. The van der Waals surface area contributed by atoms with Crippen molar-refractivity contribution in [3.8, 4) is 0 Å². The minimum atomic E-state index is -0.150. The van der Waals surface area contributed by atoms with E-state index >= 15 is 0 Å². The van der Waals surface area contributed by atoms with Gasteiger partial charge in [-0.25, -0.2) is 0 Å². The highest BCUT2D eigenvalue weighted by Gasteiger charge is 2.30. The molecule has 1 aliphatic rings. The largest absolute Gasteiger partial charge is 0.385 e. The summed E-state index contributed by atoms with van der Waals surface area (Å²) in [5.41, 5.74) is 5.65. The zero-order valence-corrected chi connectivity index (χ0v) is 12.2. The minimum Gasteiger partial charge on any atom is -0.385 e. The number of nitrogens with zero attached hydrogens (tertiary/aromatic N) is 1. The summed E-state index contributed by atoms with van der Waals surface area (Å²) in [5.74, 6) is 0.0565. The van der Waals surface area contributed by atoms with E-state index < -0.39 is 0 Å². The summed E-state index contributed by atoms with van der Waals surface area (Å²) in [4.78, 5) is 14.2. The van der Waals surface area contributed by atoms with Crippen molar-refractivity contribution in [2.24, 2.45) is 5.73 Å². The third kappa shape index (κ3) is 5.44. The first-order chi connectivity index (χ1) is 9.08. The quantitative estimate of drug-likeness (QED) is 0.616. The first kappa shape index (κ1) is 16.4. The number of hydrogen-bond donors (Lipinski definition) is 2. The topological polar surface area (TPSA) is 76.8 Å². The number of carbonyl (C=O) groups excluding carboxylic acids is 1. The number of ether oxygens (including phenoxy) is 2. The molecule has 1 rings (SSSR count). The van der Waals surface area contributed by atoms with Crippen molar-refractivity contribution in [1.82, 2.24) is 10.2 Å². The second-order valence-corrected chi connectivity index (χ2v) is 5.07. The molecule has 1 amide bonds. The second-order valence-electron chi connectivity index (χ2n) is 5.07. The van der Waals surface area contributed by atoms with E-state index in [4.69, 9.17) is 15.2 Å². The van der Waals surface area contributed by atoms with Crippen molar-refractivity contribution in [3.63, 3.8) is 0 Å². The molecule has 0 aliphatic carbocycles. The Morgan fingerprint density at radius 1 is 1.58 bits per heavy atom. The van der Waals surface area contributed by atoms with Crippen molar-refractivity contribution in [2.45, 2.75) is 38.5 Å².